The zero-order chi connectivity index (χ0) is 102. The first-order valence-electron chi connectivity index (χ1n) is 53.5. The van der Waals surface area contributed by atoms with E-state index in [4.69, 9.17) is 61.6 Å². The van der Waals surface area contributed by atoms with E-state index in [0.717, 1.165) is 81.2 Å². The van der Waals surface area contributed by atoms with Gasteiger partial charge >= 0.3 is 47.8 Å². The number of carbonyl (C=O) groups is 8. The number of esters is 8. The number of piperidine rings is 2. The first kappa shape index (κ1) is 103. The van der Waals surface area contributed by atoms with E-state index in [-0.39, 0.29) is 80.6 Å². The smallest absolute Gasteiger partial charge is 0.338 e. The Labute approximate surface area is 870 Å². The lowest BCUT2D eigenvalue weighted by molar-refractivity contribution is -0.310. The molecule has 0 bridgehead atoms. The predicted molar refractivity (Wildman–Crippen MR) is 552 cm³/mol. The predicted octanol–water partition coefficient (Wildman–Crippen LogP) is 21.5. The molecular formula is C122H139BrN2O22. The standard InChI is InChI=1S/C61H69NO11.C34H27BrO9.C27H43NO2/c1-37-27-32-61(62-35-37)38(2)50-48(73-61)34-47-45-26-25-43-33-44(28-30-59(43,3)46(45)29-31-60(47,50)4)68-58-53(72-57(66)42-23-15-8-16-24-42)52(71-56(65)41-21-13-7-14-22-41)51(70-55(64)40-19-11-6-12-20-40)49(69-58)36-67-54(63)39-17-9-5-10-18-39;35-30-29(44-34(39)25-19-11-4-12-20-25)28(43-33(38)24-17-9-3-10-18-24)27(42-32(37)23-15-7-2-8-16-23)26(41-30)21-40-31(36)22-13-5-1-6-14-22;1-16-7-12-27(28-15-16)17(2)24-23(30-27)14-22-20-6-5-18-13-19(29)8-10-25(18,3)21(20)9-11-26(22,24)4/h5-25,37-38,44-53,58,62H,26-36H2,1-4H3;1-20,26-30H,21H2;5,16-17,19-24,28-29H,6-15H2,1-4H3/t37?,38-,44-,45?,46?,47?,48?,49?,50?,51+,52-,53?,58+,59-,60-,61?;26?,27-,28+,29?,30-;16?,17-,19-,20?,21?,22?,23?,24?,25-,26-,27?/m010/s1. The first-order valence-corrected chi connectivity index (χ1v) is 54.5. The number of ether oxygens (including phenoxy) is 13. The molecule has 776 valence electrons. The minimum atomic E-state index is -1.49. The van der Waals surface area contributed by atoms with Crippen LogP contribution in [0, 0.1) is 92.7 Å². The molecule has 3 N–H and O–H groups in total. The van der Waals surface area contributed by atoms with Crippen LogP contribution in [-0.4, -0.2) is 175 Å². The Hall–Kier alpha value is -10.8. The van der Waals surface area contributed by atoms with E-state index in [2.05, 4.69) is 94.1 Å². The largest absolute Gasteiger partial charge is 0.459 e. The highest BCUT2D eigenvalue weighted by atomic mass is 79.9. The quantitative estimate of drug-likeness (QED) is 0.0276. The molecule has 0 radical (unpaired) electrons. The van der Waals surface area contributed by atoms with Crippen LogP contribution < -0.4 is 10.6 Å². The molecule has 6 aliphatic heterocycles. The van der Waals surface area contributed by atoms with Crippen LogP contribution in [0.3, 0.4) is 0 Å². The number of allylic oxidation sites excluding steroid dienone is 2. The molecule has 32 atom stereocenters. The van der Waals surface area contributed by atoms with Crippen molar-refractivity contribution in [2.24, 2.45) is 92.7 Å². The molecule has 0 amide bonds. The molecule has 12 fully saturated rings. The van der Waals surface area contributed by atoms with E-state index >= 15 is 0 Å². The average molecular weight is 2070 g/mol. The van der Waals surface area contributed by atoms with Crippen LogP contribution in [0.1, 0.15) is 254 Å². The third-order valence-electron chi connectivity index (χ3n) is 36.9. The lowest BCUT2D eigenvalue weighted by Crippen LogP contribution is -2.63. The molecule has 18 unspecified atom stereocenters. The molecule has 22 rings (SSSR count). The number of fused-ring (bicyclic) bond motifs is 14. The third-order valence-corrected chi connectivity index (χ3v) is 37.6. The van der Waals surface area contributed by atoms with E-state index in [1.807, 2.05) is 0 Å². The Morgan fingerprint density at radius 1 is 0.361 bits per heavy atom. The minimum absolute atomic E-state index is 0.0260. The first-order chi connectivity index (χ1) is 71.0. The molecule has 147 heavy (non-hydrogen) atoms. The number of halogens is 1. The van der Waals surface area contributed by atoms with Crippen molar-refractivity contribution in [1.82, 2.24) is 10.6 Å². The SMILES string of the molecule is CC1CCC2(NC1)OC1CC3C4CC=C5C[C@@H](O)CC[C@]5(C)C4CC[C@]3(C)C1[C@@H]2C.CC1CCC2(NC1)OC1CC3C4CC=C5C[C@@H](O[C@@H]6OC(COC(=O)c7ccccc7)[C@@H](OC(=O)c7ccccc7)[C@H](OC(=O)c7ccccc7)C6OC(=O)c6ccccc6)CC[C@]5(C)C4CC[C@]3(C)C1[C@@H]2C.O=C(OCC1O[C@@H](Br)C(OC(=O)c2ccccc2)[C@@H](OC(=O)c2ccccc2)[C@@H]1OC(=O)c1ccccc1)c1ccccc1. The van der Waals surface area contributed by atoms with Crippen molar-refractivity contribution in [3.63, 3.8) is 0 Å². The van der Waals surface area contributed by atoms with Crippen molar-refractivity contribution < 1.29 is 105 Å². The summed E-state index contributed by atoms with van der Waals surface area (Å²) in [7, 11) is 0. The number of rotatable bonds is 20. The number of aliphatic hydroxyl groups excluding tert-OH is 1. The van der Waals surface area contributed by atoms with Crippen molar-refractivity contribution >= 4 is 63.7 Å². The van der Waals surface area contributed by atoms with Gasteiger partial charge in [0.2, 0.25) is 0 Å². The van der Waals surface area contributed by atoms with Gasteiger partial charge in [0, 0.05) is 24.9 Å². The van der Waals surface area contributed by atoms with E-state index in [9.17, 15) is 43.5 Å². The number of hydrogen-bond acceptors (Lipinski definition) is 24. The summed E-state index contributed by atoms with van der Waals surface area (Å²) in [6, 6.07) is 66.7. The van der Waals surface area contributed by atoms with E-state index in [1.165, 1.54) is 69.8 Å². The fraction of sp³-hybridized carbons (Fsp3) is 0.508. The second-order valence-electron chi connectivity index (χ2n) is 45.2. The lowest BCUT2D eigenvalue weighted by Gasteiger charge is -2.59. The zero-order valence-corrected chi connectivity index (χ0v) is 86.8. The number of aliphatic hydroxyl groups is 1. The Balaban J connectivity index is 0.000000149. The normalized spacial score (nSPS) is 37.0. The monoisotopic (exact) mass is 2060 g/mol. The van der Waals surface area contributed by atoms with Gasteiger partial charge in [-0.1, -0.05) is 240 Å². The molecule has 6 saturated carbocycles. The summed E-state index contributed by atoms with van der Waals surface area (Å²) < 4.78 is 82.2. The van der Waals surface area contributed by atoms with Gasteiger partial charge in [-0.15, -0.1) is 0 Å². The van der Waals surface area contributed by atoms with E-state index < -0.39 is 114 Å². The van der Waals surface area contributed by atoms with Crippen LogP contribution in [0.4, 0.5) is 0 Å². The lowest BCUT2D eigenvalue weighted by atomic mass is 9.47. The number of alkyl halides is 1. The van der Waals surface area contributed by atoms with Gasteiger partial charge in [0.1, 0.15) is 36.9 Å². The van der Waals surface area contributed by atoms with Gasteiger partial charge in [-0.3, -0.25) is 10.6 Å². The summed E-state index contributed by atoms with van der Waals surface area (Å²) >= 11 is 3.40. The van der Waals surface area contributed by atoms with Gasteiger partial charge in [-0.2, -0.15) is 0 Å². The van der Waals surface area contributed by atoms with Crippen molar-refractivity contribution in [3.8, 4) is 0 Å². The second kappa shape index (κ2) is 43.6. The number of nitrogens with one attached hydrogen (secondary N) is 2. The molecule has 14 aliphatic rings. The molecule has 6 saturated heterocycles. The van der Waals surface area contributed by atoms with Gasteiger partial charge < -0.3 is 66.7 Å². The van der Waals surface area contributed by atoms with Gasteiger partial charge in [0.15, 0.2) is 47.9 Å². The maximum Gasteiger partial charge on any atom is 0.338 e. The number of hydrogen-bond donors (Lipinski definition) is 3. The van der Waals surface area contributed by atoms with Crippen molar-refractivity contribution in [2.45, 2.75) is 267 Å². The zero-order valence-electron chi connectivity index (χ0n) is 85.2. The van der Waals surface area contributed by atoms with Gasteiger partial charge in [0.05, 0.1) is 68.9 Å². The minimum Gasteiger partial charge on any atom is -0.459 e. The summed E-state index contributed by atoms with van der Waals surface area (Å²) in [4.78, 5) is 109. The highest BCUT2D eigenvalue weighted by Crippen LogP contribution is 2.73. The molecular weight excluding hydrogens is 1930 g/mol. The van der Waals surface area contributed by atoms with Crippen LogP contribution in [-0.2, 0) is 61.6 Å². The maximum absolute atomic E-state index is 14.2. The molecule has 8 aromatic rings. The van der Waals surface area contributed by atoms with E-state index in [0.29, 0.717) is 82.3 Å². The van der Waals surface area contributed by atoms with Crippen LogP contribution in [0.2, 0.25) is 0 Å². The Bertz CT molecular complexity index is 6030. The molecule has 25 heteroatoms. The molecule has 6 heterocycles. The molecule has 8 aliphatic carbocycles. The Morgan fingerprint density at radius 3 is 1.04 bits per heavy atom. The topological polar surface area (TPSA) is 301 Å². The highest BCUT2D eigenvalue weighted by molar-refractivity contribution is 9.09. The average Bonchev–Trinajstić information content (AvgIpc) is 1.53. The van der Waals surface area contributed by atoms with Crippen molar-refractivity contribution in [2.75, 3.05) is 26.3 Å². The number of carbonyl (C=O) groups excluding carboxylic acids is 8. The molecule has 2 spiro atoms. The third kappa shape index (κ3) is 20.8. The Kier molecular flexibility index (Phi) is 30.7. The fourth-order valence-corrected chi connectivity index (χ4v) is 29.8. The van der Waals surface area contributed by atoms with Crippen LogP contribution in [0.15, 0.2) is 266 Å². The Morgan fingerprint density at radius 2 is 0.680 bits per heavy atom. The van der Waals surface area contributed by atoms with Crippen molar-refractivity contribution in [3.05, 3.63) is 310 Å². The van der Waals surface area contributed by atoms with Crippen LogP contribution in [0.25, 0.3) is 0 Å². The summed E-state index contributed by atoms with van der Waals surface area (Å²) in [5.41, 5.74) is 5.71. The fourth-order valence-electron chi connectivity index (χ4n) is 29.1. The summed E-state index contributed by atoms with van der Waals surface area (Å²) in [6.45, 7) is 21.3. The van der Waals surface area contributed by atoms with Crippen molar-refractivity contribution in [1.29, 1.82) is 0 Å². The number of benzene rings is 8. The van der Waals surface area contributed by atoms with Gasteiger partial charge in [-0.05, 0) is 293 Å². The molecule has 24 nitrogen and oxygen atoms in total. The molecule has 0 aromatic heterocycles. The van der Waals surface area contributed by atoms with E-state index in [1.54, 1.807) is 248 Å². The molecule has 8 aromatic carbocycles. The van der Waals surface area contributed by atoms with Gasteiger partial charge in [0.25, 0.3) is 0 Å². The summed E-state index contributed by atoms with van der Waals surface area (Å²) in [5.74, 6) is 2.25. The second-order valence-corrected chi connectivity index (χ2v) is 46.1. The maximum atomic E-state index is 14.2. The summed E-state index contributed by atoms with van der Waals surface area (Å²) in [5, 5.41) is 17.0. The summed E-state index contributed by atoms with van der Waals surface area (Å²) in [6.07, 6.45) is 13.2. The highest BCUT2D eigenvalue weighted by Gasteiger charge is 2.71. The van der Waals surface area contributed by atoms with Gasteiger partial charge in [-0.25, -0.2) is 38.4 Å². The van der Waals surface area contributed by atoms with Crippen LogP contribution in [0.5, 0.6) is 0 Å². The van der Waals surface area contributed by atoms with Crippen LogP contribution >= 0.6 is 15.9 Å².